The summed E-state index contributed by atoms with van der Waals surface area (Å²) in [5.41, 5.74) is 7.81. The van der Waals surface area contributed by atoms with Crippen LogP contribution in [0.1, 0.15) is 80.5 Å². The number of rotatable bonds is 11. The average molecular weight is 571 g/mol. The van der Waals surface area contributed by atoms with Crippen LogP contribution < -0.4 is 9.47 Å². The van der Waals surface area contributed by atoms with E-state index in [1.54, 1.807) is 0 Å². The first-order valence-corrected chi connectivity index (χ1v) is 14.8. The number of ether oxygens (including phenoxy) is 3. The van der Waals surface area contributed by atoms with Gasteiger partial charge in [-0.2, -0.15) is 0 Å². The third-order valence-electron chi connectivity index (χ3n) is 7.15. The minimum Gasteiger partial charge on any atom is -0.489 e. The summed E-state index contributed by atoms with van der Waals surface area (Å²) < 4.78 is 19.0. The molecule has 4 heteroatoms. The molecule has 0 N–H and O–H groups in total. The monoisotopic (exact) mass is 570 g/mol. The van der Waals surface area contributed by atoms with E-state index < -0.39 is 0 Å². The molecule has 0 unspecified atom stereocenters. The van der Waals surface area contributed by atoms with Gasteiger partial charge in [-0.3, -0.25) is 0 Å². The predicted octanol–water partition coefficient (Wildman–Crippen LogP) is 9.90. The Labute approximate surface area is 251 Å². The van der Waals surface area contributed by atoms with E-state index in [0.29, 0.717) is 32.3 Å². The lowest BCUT2D eigenvalue weighted by atomic mass is 9.83. The molecule has 0 fully saturated rings. The molecule has 0 bridgehead atoms. The highest BCUT2D eigenvalue weighted by molar-refractivity contribution is 6.17. The number of hydrogen-bond donors (Lipinski definition) is 0. The summed E-state index contributed by atoms with van der Waals surface area (Å²) in [5, 5.41) is 0. The fraction of sp³-hybridized carbons (Fsp3) is 0.351. The van der Waals surface area contributed by atoms with Crippen molar-refractivity contribution in [1.82, 2.24) is 0 Å². The minimum absolute atomic E-state index is 0.0223. The second-order valence-electron chi connectivity index (χ2n) is 12.6. The lowest BCUT2D eigenvalue weighted by Gasteiger charge is -2.26. The van der Waals surface area contributed by atoms with Crippen LogP contribution in [0.25, 0.3) is 0 Å². The molecule has 0 atom stereocenters. The topological polar surface area (TPSA) is 27.7 Å². The molecule has 41 heavy (non-hydrogen) atoms. The van der Waals surface area contributed by atoms with Gasteiger partial charge in [0.05, 0.1) is 19.1 Å². The zero-order valence-corrected chi connectivity index (χ0v) is 26.1. The van der Waals surface area contributed by atoms with Gasteiger partial charge in [-0.05, 0) is 56.8 Å². The van der Waals surface area contributed by atoms with Crippen molar-refractivity contribution >= 4 is 11.6 Å². The van der Waals surface area contributed by atoms with Gasteiger partial charge in [-0.1, -0.05) is 114 Å². The minimum atomic E-state index is -0.0758. The first-order valence-electron chi connectivity index (χ1n) is 14.3. The fourth-order valence-electron chi connectivity index (χ4n) is 4.76. The molecule has 0 aromatic heterocycles. The highest BCUT2D eigenvalue weighted by Crippen LogP contribution is 2.35. The Balaban J connectivity index is 1.56. The first-order chi connectivity index (χ1) is 19.5. The van der Waals surface area contributed by atoms with Crippen LogP contribution in [-0.4, -0.2) is 0 Å². The SMILES string of the molecule is CC(C)(C)c1ccc(OCc2ccccc2)c(COCc2cc(OCc3ccccc3)c(CCl)cc2C(C)(C)C)c1. The third kappa shape index (κ3) is 8.61. The molecule has 4 rings (SSSR count). The van der Waals surface area contributed by atoms with Gasteiger partial charge in [-0.25, -0.2) is 0 Å². The molecular weight excluding hydrogens is 528 g/mol. The van der Waals surface area contributed by atoms with Crippen LogP contribution in [-0.2, 0) is 47.9 Å². The van der Waals surface area contributed by atoms with Crippen molar-refractivity contribution in [3.63, 3.8) is 0 Å². The van der Waals surface area contributed by atoms with E-state index in [0.717, 1.165) is 39.3 Å². The van der Waals surface area contributed by atoms with Crippen LogP contribution in [0.15, 0.2) is 91.0 Å². The largest absolute Gasteiger partial charge is 0.489 e. The Morgan fingerprint density at radius 1 is 0.537 bits per heavy atom. The van der Waals surface area contributed by atoms with Crippen LogP contribution in [0.5, 0.6) is 11.5 Å². The molecule has 0 heterocycles. The maximum Gasteiger partial charge on any atom is 0.125 e. The number of alkyl halides is 1. The number of hydrogen-bond acceptors (Lipinski definition) is 3. The van der Waals surface area contributed by atoms with Gasteiger partial charge in [0.2, 0.25) is 0 Å². The van der Waals surface area contributed by atoms with E-state index in [1.165, 1.54) is 11.1 Å². The fourth-order valence-corrected chi connectivity index (χ4v) is 4.97. The molecule has 0 aliphatic rings. The molecular formula is C37H43ClO3. The van der Waals surface area contributed by atoms with Crippen molar-refractivity contribution in [2.45, 2.75) is 84.7 Å². The Morgan fingerprint density at radius 2 is 1.10 bits per heavy atom. The Kier molecular flexibility index (Phi) is 10.2. The molecule has 0 saturated heterocycles. The standard InChI is InChI=1S/C37H43ClO3/c1-36(2,3)32-17-18-34(40-23-27-13-9-7-10-14-27)31(19-32)26-39-25-30-21-35(41-24-28-15-11-8-12-16-28)29(22-38)20-33(30)37(4,5)6/h7-21H,22-26H2,1-6H3. The van der Waals surface area contributed by atoms with Gasteiger partial charge < -0.3 is 14.2 Å². The zero-order chi connectivity index (χ0) is 29.5. The van der Waals surface area contributed by atoms with Crippen molar-refractivity contribution in [2.75, 3.05) is 0 Å². The van der Waals surface area contributed by atoms with Gasteiger partial charge in [-0.15, -0.1) is 11.6 Å². The summed E-state index contributed by atoms with van der Waals surface area (Å²) >= 11 is 6.39. The normalized spacial score (nSPS) is 11.9. The molecule has 4 aromatic carbocycles. The maximum atomic E-state index is 6.42. The van der Waals surface area contributed by atoms with E-state index in [2.05, 4.69) is 96.1 Å². The molecule has 0 aliphatic heterocycles. The summed E-state index contributed by atoms with van der Waals surface area (Å²) in [5.74, 6) is 2.04. The smallest absolute Gasteiger partial charge is 0.125 e. The van der Waals surface area contributed by atoms with Crippen LogP contribution in [0.2, 0.25) is 0 Å². The van der Waals surface area contributed by atoms with Crippen LogP contribution in [0, 0.1) is 0 Å². The molecule has 0 radical (unpaired) electrons. The lowest BCUT2D eigenvalue weighted by molar-refractivity contribution is 0.103. The van der Waals surface area contributed by atoms with Gasteiger partial charge in [0.15, 0.2) is 0 Å². The van der Waals surface area contributed by atoms with E-state index >= 15 is 0 Å². The van der Waals surface area contributed by atoms with Crippen molar-refractivity contribution < 1.29 is 14.2 Å². The van der Waals surface area contributed by atoms with Crippen molar-refractivity contribution in [3.8, 4) is 11.5 Å². The summed E-state index contributed by atoms with van der Waals surface area (Å²) in [7, 11) is 0. The first kappa shape index (κ1) is 30.7. The van der Waals surface area contributed by atoms with Crippen molar-refractivity contribution in [3.05, 3.63) is 130 Å². The second kappa shape index (κ2) is 13.6. The van der Waals surface area contributed by atoms with Gasteiger partial charge in [0, 0.05) is 11.1 Å². The Hall–Kier alpha value is -3.27. The highest BCUT2D eigenvalue weighted by Gasteiger charge is 2.22. The summed E-state index contributed by atoms with van der Waals surface area (Å²) in [6.45, 7) is 15.2. The van der Waals surface area contributed by atoms with E-state index in [1.807, 2.05) is 36.4 Å². The van der Waals surface area contributed by atoms with Gasteiger partial charge in [0.25, 0.3) is 0 Å². The molecule has 216 valence electrons. The van der Waals surface area contributed by atoms with E-state index in [4.69, 9.17) is 25.8 Å². The summed E-state index contributed by atoms with van der Waals surface area (Å²) in [4.78, 5) is 0. The Morgan fingerprint density at radius 3 is 1.63 bits per heavy atom. The predicted molar refractivity (Wildman–Crippen MR) is 170 cm³/mol. The van der Waals surface area contributed by atoms with Crippen molar-refractivity contribution in [2.24, 2.45) is 0 Å². The quantitative estimate of drug-likeness (QED) is 0.168. The van der Waals surface area contributed by atoms with Gasteiger partial charge >= 0.3 is 0 Å². The van der Waals surface area contributed by atoms with Crippen LogP contribution >= 0.6 is 11.6 Å². The molecule has 0 saturated carbocycles. The molecule has 0 amide bonds. The summed E-state index contributed by atoms with van der Waals surface area (Å²) in [6, 6.07) is 31.2. The van der Waals surface area contributed by atoms with Crippen molar-refractivity contribution in [1.29, 1.82) is 0 Å². The average Bonchev–Trinajstić information content (AvgIpc) is 2.95. The maximum absolute atomic E-state index is 6.42. The third-order valence-corrected chi connectivity index (χ3v) is 7.44. The van der Waals surface area contributed by atoms with Gasteiger partial charge in [0.1, 0.15) is 24.7 Å². The van der Waals surface area contributed by atoms with E-state index in [-0.39, 0.29) is 10.8 Å². The van der Waals surface area contributed by atoms with E-state index in [9.17, 15) is 0 Å². The number of benzene rings is 4. The molecule has 4 aromatic rings. The lowest BCUT2D eigenvalue weighted by Crippen LogP contribution is -2.16. The second-order valence-corrected chi connectivity index (χ2v) is 12.9. The Bertz CT molecular complexity index is 1400. The highest BCUT2D eigenvalue weighted by atomic mass is 35.5. The summed E-state index contributed by atoms with van der Waals surface area (Å²) in [6.07, 6.45) is 0. The van der Waals surface area contributed by atoms with Crippen LogP contribution in [0.3, 0.4) is 0 Å². The molecule has 3 nitrogen and oxygen atoms in total. The molecule has 0 spiro atoms. The van der Waals surface area contributed by atoms with Crippen LogP contribution in [0.4, 0.5) is 0 Å². The number of halogens is 1. The zero-order valence-electron chi connectivity index (χ0n) is 25.3. The molecule has 0 aliphatic carbocycles.